The molecular formula is C52H39N. The molecule has 10 rings (SSSR count). The Balaban J connectivity index is 1.26. The first-order valence-electron chi connectivity index (χ1n) is 18.6. The van der Waals surface area contributed by atoms with Crippen molar-refractivity contribution in [2.45, 2.75) is 24.7 Å². The molecule has 0 atom stereocenters. The van der Waals surface area contributed by atoms with Gasteiger partial charge < -0.3 is 4.90 Å². The summed E-state index contributed by atoms with van der Waals surface area (Å²) in [5.74, 6) is 0. The minimum Gasteiger partial charge on any atom is -0.310 e. The van der Waals surface area contributed by atoms with Crippen LogP contribution in [0.1, 0.15) is 52.8 Å². The Morgan fingerprint density at radius 1 is 0.453 bits per heavy atom. The van der Waals surface area contributed by atoms with E-state index in [-0.39, 0.29) is 5.41 Å². The van der Waals surface area contributed by atoms with Crippen molar-refractivity contribution in [2.75, 3.05) is 4.90 Å². The minimum absolute atomic E-state index is 0.131. The van der Waals surface area contributed by atoms with E-state index in [4.69, 9.17) is 0 Å². The Bertz CT molecular complexity index is 2610. The van der Waals surface area contributed by atoms with Gasteiger partial charge >= 0.3 is 0 Å². The molecule has 3 aliphatic rings. The van der Waals surface area contributed by atoms with Gasteiger partial charge in [-0.1, -0.05) is 178 Å². The number of hydrogen-bond donors (Lipinski definition) is 0. The van der Waals surface area contributed by atoms with E-state index in [0.29, 0.717) is 0 Å². The summed E-state index contributed by atoms with van der Waals surface area (Å²) in [5.41, 5.74) is 19.9. The first-order valence-corrected chi connectivity index (χ1v) is 18.6. The van der Waals surface area contributed by atoms with Crippen LogP contribution in [0, 0.1) is 0 Å². The fourth-order valence-electron chi connectivity index (χ4n) is 9.61. The van der Waals surface area contributed by atoms with Gasteiger partial charge in [0.2, 0.25) is 0 Å². The summed E-state index contributed by atoms with van der Waals surface area (Å²) >= 11 is 0. The van der Waals surface area contributed by atoms with E-state index in [1.165, 1.54) is 66.8 Å². The minimum atomic E-state index is -0.429. The van der Waals surface area contributed by atoms with Gasteiger partial charge in [-0.2, -0.15) is 0 Å². The van der Waals surface area contributed by atoms with Crippen LogP contribution < -0.4 is 4.90 Å². The standard InChI is InChI=1S/C52H39N/c1-4-5-7-28-50(35-18-8-6-9-19-35)53(36-29-31-42-38-20-10-14-24-44(38)51(2,3)48(42)33-36)37-30-32-43-41-23-13-17-27-47(41)52(49(43)34-37)45-25-15-11-21-39(45)40-22-12-16-26-46(40)52/h4-34H,1H2,2-3H3/b7-5-,50-28+. The van der Waals surface area contributed by atoms with E-state index in [2.05, 4.69) is 201 Å². The number of anilines is 2. The Morgan fingerprint density at radius 2 is 0.887 bits per heavy atom. The normalized spacial score (nSPS) is 15.0. The molecule has 7 aromatic rings. The lowest BCUT2D eigenvalue weighted by Gasteiger charge is -2.33. The summed E-state index contributed by atoms with van der Waals surface area (Å²) in [6.45, 7) is 8.69. The van der Waals surface area contributed by atoms with E-state index in [1.807, 2.05) is 12.2 Å². The molecule has 7 aromatic carbocycles. The van der Waals surface area contributed by atoms with Gasteiger partial charge in [-0.05, 0) is 103 Å². The van der Waals surface area contributed by atoms with Crippen molar-refractivity contribution >= 4 is 17.1 Å². The molecule has 0 aliphatic heterocycles. The molecule has 0 aromatic heterocycles. The summed E-state index contributed by atoms with van der Waals surface area (Å²) in [4.78, 5) is 2.46. The lowest BCUT2D eigenvalue weighted by molar-refractivity contribution is 0.660. The second-order valence-corrected chi connectivity index (χ2v) is 14.9. The summed E-state index contributed by atoms with van der Waals surface area (Å²) in [5, 5.41) is 0. The molecule has 252 valence electrons. The molecule has 1 heteroatoms. The number of benzene rings is 7. The molecule has 0 fully saturated rings. The highest BCUT2D eigenvalue weighted by Gasteiger charge is 2.51. The van der Waals surface area contributed by atoms with Gasteiger partial charge in [-0.15, -0.1) is 0 Å². The van der Waals surface area contributed by atoms with Crippen LogP contribution in [-0.2, 0) is 10.8 Å². The van der Waals surface area contributed by atoms with Crippen molar-refractivity contribution in [3.63, 3.8) is 0 Å². The fraction of sp³-hybridized carbons (Fsp3) is 0.0769. The van der Waals surface area contributed by atoms with Crippen LogP contribution in [0.25, 0.3) is 39.1 Å². The third-order valence-corrected chi connectivity index (χ3v) is 11.9. The van der Waals surface area contributed by atoms with E-state index < -0.39 is 5.41 Å². The van der Waals surface area contributed by atoms with Gasteiger partial charge in [0.05, 0.1) is 11.1 Å². The van der Waals surface area contributed by atoms with Crippen molar-refractivity contribution in [1.29, 1.82) is 0 Å². The van der Waals surface area contributed by atoms with E-state index in [9.17, 15) is 0 Å². The molecule has 3 aliphatic carbocycles. The topological polar surface area (TPSA) is 3.24 Å². The number of rotatable bonds is 6. The number of nitrogens with zero attached hydrogens (tertiary/aromatic N) is 1. The Morgan fingerprint density at radius 3 is 1.43 bits per heavy atom. The quantitative estimate of drug-likeness (QED) is 0.158. The van der Waals surface area contributed by atoms with Crippen LogP contribution in [0.15, 0.2) is 195 Å². The smallest absolute Gasteiger partial charge is 0.0726 e. The zero-order chi connectivity index (χ0) is 35.7. The summed E-state index contributed by atoms with van der Waals surface area (Å²) in [7, 11) is 0. The third kappa shape index (κ3) is 4.38. The highest BCUT2D eigenvalue weighted by molar-refractivity contribution is 5.98. The zero-order valence-electron chi connectivity index (χ0n) is 30.1. The second kappa shape index (κ2) is 11.8. The third-order valence-electron chi connectivity index (χ3n) is 11.9. The molecule has 1 spiro atoms. The average Bonchev–Trinajstić information content (AvgIpc) is 3.76. The van der Waals surface area contributed by atoms with Crippen molar-refractivity contribution in [1.82, 2.24) is 0 Å². The molecule has 53 heavy (non-hydrogen) atoms. The van der Waals surface area contributed by atoms with Crippen molar-refractivity contribution in [2.24, 2.45) is 0 Å². The molecule has 0 saturated heterocycles. The predicted octanol–water partition coefficient (Wildman–Crippen LogP) is 13.3. The molecule has 0 saturated carbocycles. The number of hydrogen-bond acceptors (Lipinski definition) is 1. The molecule has 0 amide bonds. The Labute approximate surface area is 312 Å². The van der Waals surface area contributed by atoms with Crippen molar-refractivity contribution < 1.29 is 0 Å². The fourth-order valence-corrected chi connectivity index (χ4v) is 9.61. The van der Waals surface area contributed by atoms with Crippen LogP contribution >= 0.6 is 0 Å². The lowest BCUT2D eigenvalue weighted by Crippen LogP contribution is -2.26. The lowest BCUT2D eigenvalue weighted by atomic mass is 9.70. The molecule has 0 radical (unpaired) electrons. The summed E-state index contributed by atoms with van der Waals surface area (Å²) in [6, 6.07) is 61.0. The monoisotopic (exact) mass is 677 g/mol. The largest absolute Gasteiger partial charge is 0.310 e. The predicted molar refractivity (Wildman–Crippen MR) is 223 cm³/mol. The number of allylic oxidation sites excluding steroid dienone is 4. The Hall–Kier alpha value is -6.44. The van der Waals surface area contributed by atoms with Crippen LogP contribution in [0.5, 0.6) is 0 Å². The molecule has 0 bridgehead atoms. The van der Waals surface area contributed by atoms with E-state index in [1.54, 1.807) is 0 Å². The Kier molecular flexibility index (Phi) is 6.97. The van der Waals surface area contributed by atoms with Gasteiger partial charge in [0, 0.05) is 16.8 Å². The average molecular weight is 678 g/mol. The molecule has 1 nitrogen and oxygen atoms in total. The first-order chi connectivity index (χ1) is 26.0. The highest BCUT2D eigenvalue weighted by Crippen LogP contribution is 2.63. The van der Waals surface area contributed by atoms with Crippen molar-refractivity contribution in [3.8, 4) is 33.4 Å². The van der Waals surface area contributed by atoms with Gasteiger partial charge in [-0.3, -0.25) is 0 Å². The SMILES string of the molecule is C=C/C=C\C=C(/c1ccccc1)N(c1ccc2c(c1)C(C)(C)c1ccccc1-2)c1ccc2c(c1)C1(c3ccccc3-c3ccccc31)c1ccccc1-2. The maximum atomic E-state index is 3.97. The van der Waals surface area contributed by atoms with Gasteiger partial charge in [-0.25, -0.2) is 0 Å². The zero-order valence-corrected chi connectivity index (χ0v) is 30.1. The van der Waals surface area contributed by atoms with E-state index >= 15 is 0 Å². The highest BCUT2D eigenvalue weighted by atomic mass is 15.1. The van der Waals surface area contributed by atoms with Crippen molar-refractivity contribution in [3.05, 3.63) is 234 Å². The maximum Gasteiger partial charge on any atom is 0.0726 e. The van der Waals surface area contributed by atoms with Gasteiger partial charge in [0.25, 0.3) is 0 Å². The van der Waals surface area contributed by atoms with Crippen LogP contribution in [-0.4, -0.2) is 0 Å². The summed E-state index contributed by atoms with van der Waals surface area (Å²) in [6.07, 6.45) is 8.17. The summed E-state index contributed by atoms with van der Waals surface area (Å²) < 4.78 is 0. The maximum absolute atomic E-state index is 3.97. The van der Waals surface area contributed by atoms with Crippen LogP contribution in [0.2, 0.25) is 0 Å². The molecular weight excluding hydrogens is 639 g/mol. The van der Waals surface area contributed by atoms with Crippen LogP contribution in [0.4, 0.5) is 11.4 Å². The molecule has 0 N–H and O–H groups in total. The van der Waals surface area contributed by atoms with Gasteiger partial charge in [0.1, 0.15) is 0 Å². The van der Waals surface area contributed by atoms with E-state index in [0.717, 1.165) is 22.6 Å². The number of fused-ring (bicyclic) bond motifs is 13. The van der Waals surface area contributed by atoms with Crippen LogP contribution in [0.3, 0.4) is 0 Å². The first kappa shape index (κ1) is 31.3. The van der Waals surface area contributed by atoms with Gasteiger partial charge in [0.15, 0.2) is 0 Å². The molecule has 0 unspecified atom stereocenters. The second-order valence-electron chi connectivity index (χ2n) is 14.9. The molecule has 0 heterocycles.